The second-order valence-electron chi connectivity index (χ2n) is 3.58. The Morgan fingerprint density at radius 1 is 1.35 bits per heavy atom. The molecule has 0 spiro atoms. The number of amides is 1. The summed E-state index contributed by atoms with van der Waals surface area (Å²) in [6, 6.07) is 7.71. The highest BCUT2D eigenvalue weighted by Crippen LogP contribution is 2.16. The molecule has 1 rings (SSSR count). The standard InChI is InChI=1S/C13H16BrNO2/c14-12-6-2-1-5-11(12)7-8-13(17)15-9-3-4-10-16/h1-2,5-8,16H,3-4,9-10H2,(H,15,17). The number of hydrogen-bond donors (Lipinski definition) is 2. The molecular formula is C13H16BrNO2. The number of carbonyl (C=O) groups excluding carboxylic acids is 1. The molecule has 0 aliphatic heterocycles. The van der Waals surface area contributed by atoms with Gasteiger partial charge in [-0.25, -0.2) is 0 Å². The Hall–Kier alpha value is -1.13. The summed E-state index contributed by atoms with van der Waals surface area (Å²) in [5.74, 6) is -0.112. The Bertz CT molecular complexity index is 391. The molecule has 92 valence electrons. The van der Waals surface area contributed by atoms with E-state index in [2.05, 4.69) is 21.2 Å². The molecular weight excluding hydrogens is 282 g/mol. The van der Waals surface area contributed by atoms with E-state index < -0.39 is 0 Å². The molecule has 0 heterocycles. The molecule has 0 radical (unpaired) electrons. The van der Waals surface area contributed by atoms with Crippen molar-refractivity contribution in [1.82, 2.24) is 5.32 Å². The van der Waals surface area contributed by atoms with E-state index in [9.17, 15) is 4.79 Å². The van der Waals surface area contributed by atoms with Crippen molar-refractivity contribution in [2.75, 3.05) is 13.2 Å². The summed E-state index contributed by atoms with van der Waals surface area (Å²) in [4.78, 5) is 11.4. The summed E-state index contributed by atoms with van der Waals surface area (Å²) in [6.07, 6.45) is 4.80. The Labute approximate surface area is 110 Å². The topological polar surface area (TPSA) is 49.3 Å². The lowest BCUT2D eigenvalue weighted by atomic mass is 10.2. The normalized spacial score (nSPS) is 10.7. The molecule has 0 saturated carbocycles. The highest BCUT2D eigenvalue weighted by atomic mass is 79.9. The minimum atomic E-state index is -0.112. The summed E-state index contributed by atoms with van der Waals surface area (Å²) in [7, 11) is 0. The molecule has 0 unspecified atom stereocenters. The van der Waals surface area contributed by atoms with E-state index in [-0.39, 0.29) is 12.5 Å². The average molecular weight is 298 g/mol. The Morgan fingerprint density at radius 2 is 2.12 bits per heavy atom. The van der Waals surface area contributed by atoms with Crippen molar-refractivity contribution in [3.63, 3.8) is 0 Å². The molecule has 0 aromatic heterocycles. The molecule has 0 fully saturated rings. The maximum absolute atomic E-state index is 11.4. The van der Waals surface area contributed by atoms with Gasteiger partial charge in [0.05, 0.1) is 0 Å². The number of halogens is 1. The molecule has 0 aliphatic rings. The number of hydrogen-bond acceptors (Lipinski definition) is 2. The van der Waals surface area contributed by atoms with Gasteiger partial charge in [0.15, 0.2) is 0 Å². The van der Waals surface area contributed by atoms with Gasteiger partial charge >= 0.3 is 0 Å². The van der Waals surface area contributed by atoms with Crippen molar-refractivity contribution in [1.29, 1.82) is 0 Å². The van der Waals surface area contributed by atoms with Gasteiger partial charge < -0.3 is 10.4 Å². The van der Waals surface area contributed by atoms with Crippen LogP contribution in [0.3, 0.4) is 0 Å². The van der Waals surface area contributed by atoms with Crippen molar-refractivity contribution >= 4 is 27.9 Å². The van der Waals surface area contributed by atoms with Gasteiger partial charge in [-0.1, -0.05) is 34.1 Å². The summed E-state index contributed by atoms with van der Waals surface area (Å²) in [6.45, 7) is 0.766. The lowest BCUT2D eigenvalue weighted by molar-refractivity contribution is -0.116. The van der Waals surface area contributed by atoms with Crippen LogP contribution in [0.15, 0.2) is 34.8 Å². The third-order valence-electron chi connectivity index (χ3n) is 2.20. The lowest BCUT2D eigenvalue weighted by Crippen LogP contribution is -2.22. The van der Waals surface area contributed by atoms with Crippen LogP contribution in [0.2, 0.25) is 0 Å². The van der Waals surface area contributed by atoms with Crippen LogP contribution in [-0.4, -0.2) is 24.2 Å². The van der Waals surface area contributed by atoms with Gasteiger partial charge in [-0.05, 0) is 30.5 Å². The van der Waals surface area contributed by atoms with E-state index >= 15 is 0 Å². The van der Waals surface area contributed by atoms with E-state index in [0.29, 0.717) is 13.0 Å². The molecule has 0 atom stereocenters. The van der Waals surface area contributed by atoms with Gasteiger partial charge in [-0.2, -0.15) is 0 Å². The fraction of sp³-hybridized carbons (Fsp3) is 0.308. The zero-order valence-electron chi connectivity index (χ0n) is 9.53. The molecule has 0 aliphatic carbocycles. The summed E-state index contributed by atoms with van der Waals surface area (Å²) in [5.41, 5.74) is 0.970. The largest absolute Gasteiger partial charge is 0.396 e. The second-order valence-corrected chi connectivity index (χ2v) is 4.43. The van der Waals surface area contributed by atoms with E-state index in [0.717, 1.165) is 16.5 Å². The third-order valence-corrected chi connectivity index (χ3v) is 2.93. The van der Waals surface area contributed by atoms with Crippen LogP contribution in [0.4, 0.5) is 0 Å². The molecule has 1 amide bonds. The quantitative estimate of drug-likeness (QED) is 0.625. The molecule has 2 N–H and O–H groups in total. The zero-order valence-corrected chi connectivity index (χ0v) is 11.1. The highest BCUT2D eigenvalue weighted by molar-refractivity contribution is 9.10. The van der Waals surface area contributed by atoms with Gasteiger partial charge in [0.1, 0.15) is 0 Å². The number of unbranched alkanes of at least 4 members (excludes halogenated alkanes) is 1. The monoisotopic (exact) mass is 297 g/mol. The van der Waals surface area contributed by atoms with Crippen LogP contribution in [0.5, 0.6) is 0 Å². The predicted octanol–water partition coefficient (Wildman–Crippen LogP) is 2.35. The smallest absolute Gasteiger partial charge is 0.243 e. The first kappa shape index (κ1) is 13.9. The van der Waals surface area contributed by atoms with Crippen LogP contribution in [0, 0.1) is 0 Å². The number of carbonyl (C=O) groups is 1. The fourth-order valence-corrected chi connectivity index (χ4v) is 1.70. The average Bonchev–Trinajstić information content (AvgIpc) is 2.34. The molecule has 0 bridgehead atoms. The SMILES string of the molecule is O=C(C=Cc1ccccc1Br)NCCCCO. The van der Waals surface area contributed by atoms with Gasteiger partial charge in [-0.3, -0.25) is 4.79 Å². The van der Waals surface area contributed by atoms with E-state index in [1.54, 1.807) is 6.08 Å². The van der Waals surface area contributed by atoms with Crippen molar-refractivity contribution in [2.45, 2.75) is 12.8 Å². The Morgan fingerprint density at radius 3 is 2.82 bits per heavy atom. The van der Waals surface area contributed by atoms with Crippen molar-refractivity contribution in [2.24, 2.45) is 0 Å². The van der Waals surface area contributed by atoms with Crippen molar-refractivity contribution in [3.05, 3.63) is 40.4 Å². The lowest BCUT2D eigenvalue weighted by Gasteiger charge is -2.00. The zero-order chi connectivity index (χ0) is 12.5. The third kappa shape index (κ3) is 5.65. The first-order valence-electron chi connectivity index (χ1n) is 5.55. The predicted molar refractivity (Wildman–Crippen MR) is 72.5 cm³/mol. The van der Waals surface area contributed by atoms with Crippen molar-refractivity contribution < 1.29 is 9.90 Å². The highest BCUT2D eigenvalue weighted by Gasteiger charge is 1.96. The van der Waals surface area contributed by atoms with Gasteiger partial charge in [-0.15, -0.1) is 0 Å². The molecule has 4 heteroatoms. The first-order chi connectivity index (χ1) is 8.24. The number of nitrogens with one attached hydrogen (secondary N) is 1. The van der Waals surface area contributed by atoms with E-state index in [4.69, 9.17) is 5.11 Å². The fourth-order valence-electron chi connectivity index (χ4n) is 1.28. The molecule has 17 heavy (non-hydrogen) atoms. The van der Waals surface area contributed by atoms with Gasteiger partial charge in [0, 0.05) is 23.7 Å². The van der Waals surface area contributed by atoms with Crippen LogP contribution >= 0.6 is 15.9 Å². The van der Waals surface area contributed by atoms with E-state index in [1.807, 2.05) is 24.3 Å². The number of benzene rings is 1. The molecule has 1 aromatic carbocycles. The molecule has 1 aromatic rings. The first-order valence-corrected chi connectivity index (χ1v) is 6.34. The summed E-state index contributed by atoms with van der Waals surface area (Å²) < 4.78 is 0.962. The molecule has 0 saturated heterocycles. The molecule has 3 nitrogen and oxygen atoms in total. The van der Waals surface area contributed by atoms with Gasteiger partial charge in [0.25, 0.3) is 0 Å². The minimum absolute atomic E-state index is 0.112. The maximum Gasteiger partial charge on any atom is 0.243 e. The summed E-state index contributed by atoms with van der Waals surface area (Å²) >= 11 is 3.41. The number of rotatable bonds is 6. The van der Waals surface area contributed by atoms with Crippen LogP contribution < -0.4 is 5.32 Å². The summed E-state index contributed by atoms with van der Waals surface area (Å²) in [5, 5.41) is 11.3. The van der Waals surface area contributed by atoms with Gasteiger partial charge in [0.2, 0.25) is 5.91 Å². The van der Waals surface area contributed by atoms with E-state index in [1.165, 1.54) is 6.08 Å². The Balaban J connectivity index is 2.38. The van der Waals surface area contributed by atoms with Crippen LogP contribution in [0.25, 0.3) is 6.08 Å². The maximum atomic E-state index is 11.4. The van der Waals surface area contributed by atoms with Crippen LogP contribution in [0.1, 0.15) is 18.4 Å². The van der Waals surface area contributed by atoms with Crippen molar-refractivity contribution in [3.8, 4) is 0 Å². The number of aliphatic hydroxyl groups excluding tert-OH is 1. The second kappa shape index (κ2) is 8.03. The van der Waals surface area contributed by atoms with Crippen LogP contribution in [-0.2, 0) is 4.79 Å². The minimum Gasteiger partial charge on any atom is -0.396 e. The number of aliphatic hydroxyl groups is 1. The Kier molecular flexibility index (Phi) is 6.58.